The van der Waals surface area contributed by atoms with Gasteiger partial charge < -0.3 is 9.30 Å². The van der Waals surface area contributed by atoms with Crippen molar-refractivity contribution in [3.05, 3.63) is 53.2 Å². The summed E-state index contributed by atoms with van der Waals surface area (Å²) in [4.78, 5) is 22.5. The van der Waals surface area contributed by atoms with Gasteiger partial charge in [0.05, 0.1) is 23.7 Å². The smallest absolute Gasteiger partial charge is 0.262 e. The van der Waals surface area contributed by atoms with Crippen LogP contribution in [0.5, 0.6) is 5.75 Å². The molecule has 0 aliphatic heterocycles. The first kappa shape index (κ1) is 17.8. The van der Waals surface area contributed by atoms with Crippen molar-refractivity contribution in [2.75, 3.05) is 7.11 Å². The number of aromatic nitrogens is 5. The van der Waals surface area contributed by atoms with Gasteiger partial charge in [0.15, 0.2) is 0 Å². The normalized spacial score (nSPS) is 19.7. The Bertz CT molecular complexity index is 1260. The van der Waals surface area contributed by atoms with Gasteiger partial charge in [0.2, 0.25) is 0 Å². The van der Waals surface area contributed by atoms with Gasteiger partial charge in [-0.15, -0.1) is 0 Å². The number of fused-ring (bicyclic) bond motifs is 2. The highest BCUT2D eigenvalue weighted by Gasteiger charge is 2.25. The van der Waals surface area contributed by atoms with Crippen LogP contribution in [0.3, 0.4) is 0 Å². The third kappa shape index (κ3) is 2.88. The molecule has 2 atom stereocenters. The van der Waals surface area contributed by atoms with Crippen LogP contribution < -0.4 is 10.3 Å². The van der Waals surface area contributed by atoms with Gasteiger partial charge in [0.25, 0.3) is 11.3 Å². The minimum Gasteiger partial charge on any atom is -0.497 e. The van der Waals surface area contributed by atoms with Crippen LogP contribution in [0.15, 0.2) is 47.7 Å². The lowest BCUT2D eigenvalue weighted by atomic mass is 9.85. The molecule has 4 aromatic rings. The number of ether oxygens (including phenoxy) is 1. The number of methoxy groups -OCH3 is 1. The summed E-state index contributed by atoms with van der Waals surface area (Å²) in [6, 6.07) is 9.80. The molecule has 0 bridgehead atoms. The maximum atomic E-state index is 13.7. The van der Waals surface area contributed by atoms with Crippen LogP contribution in [0.25, 0.3) is 27.9 Å². The average Bonchev–Trinajstić information content (AvgIpc) is 3.21. The summed E-state index contributed by atoms with van der Waals surface area (Å²) in [5, 5.41) is 4.92. The maximum Gasteiger partial charge on any atom is 0.262 e. The molecule has 1 saturated carbocycles. The van der Waals surface area contributed by atoms with E-state index in [1.165, 1.54) is 12.7 Å². The Labute approximate surface area is 168 Å². The molecule has 0 N–H and O–H groups in total. The van der Waals surface area contributed by atoms with Gasteiger partial charge in [-0.1, -0.05) is 31.9 Å². The van der Waals surface area contributed by atoms with Crippen molar-refractivity contribution in [1.82, 2.24) is 24.1 Å². The quantitative estimate of drug-likeness (QED) is 0.532. The van der Waals surface area contributed by atoms with E-state index in [4.69, 9.17) is 4.74 Å². The Kier molecular flexibility index (Phi) is 4.30. The molecule has 1 fully saturated rings. The van der Waals surface area contributed by atoms with Gasteiger partial charge in [-0.2, -0.15) is 14.6 Å². The monoisotopic (exact) mass is 389 g/mol. The molecule has 5 rings (SSSR count). The summed E-state index contributed by atoms with van der Waals surface area (Å²) >= 11 is 0. The minimum atomic E-state index is -0.0241. The largest absolute Gasteiger partial charge is 0.497 e. The lowest BCUT2D eigenvalue weighted by Crippen LogP contribution is -2.31. The van der Waals surface area contributed by atoms with Crippen LogP contribution in [0.2, 0.25) is 0 Å². The summed E-state index contributed by atoms with van der Waals surface area (Å²) in [6.07, 6.45) is 7.93. The standard InChI is InChI=1S/C22H23N5O2/c1-14-6-3-4-9-18(14)26-11-10-17-19(21(26)28)20(27-22(25-17)23-13-24-27)15-7-5-8-16(12-15)29-2/h5,7-8,10-14,18H,3-4,6,9H2,1-2H3/t14-,18-/m0/s1. The maximum absolute atomic E-state index is 13.7. The third-order valence-electron chi connectivity index (χ3n) is 6.06. The van der Waals surface area contributed by atoms with E-state index in [1.54, 1.807) is 11.6 Å². The average molecular weight is 389 g/mol. The fourth-order valence-electron chi connectivity index (χ4n) is 4.55. The Morgan fingerprint density at radius 3 is 2.86 bits per heavy atom. The lowest BCUT2D eigenvalue weighted by Gasteiger charge is -2.30. The zero-order valence-corrected chi connectivity index (χ0v) is 16.6. The van der Waals surface area contributed by atoms with Gasteiger partial charge in [0, 0.05) is 17.8 Å². The SMILES string of the molecule is COc1cccc(-c2c3c(=O)n([C@H]4CCCC[C@@H]4C)ccc3nc3ncnn23)c1. The van der Waals surface area contributed by atoms with Crippen molar-refractivity contribution >= 4 is 16.7 Å². The highest BCUT2D eigenvalue weighted by Crippen LogP contribution is 2.34. The van der Waals surface area contributed by atoms with E-state index in [9.17, 15) is 4.79 Å². The summed E-state index contributed by atoms with van der Waals surface area (Å²) in [5.74, 6) is 1.67. The molecule has 0 amide bonds. The van der Waals surface area contributed by atoms with Crippen LogP contribution in [0, 0.1) is 5.92 Å². The second kappa shape index (κ2) is 6.99. The molecule has 0 saturated heterocycles. The number of rotatable bonds is 3. The Morgan fingerprint density at radius 1 is 1.17 bits per heavy atom. The third-order valence-corrected chi connectivity index (χ3v) is 6.06. The molecular weight excluding hydrogens is 366 g/mol. The molecule has 3 aromatic heterocycles. The summed E-state index contributed by atoms with van der Waals surface area (Å²) in [7, 11) is 1.63. The van der Waals surface area contributed by atoms with Crippen molar-refractivity contribution in [1.29, 1.82) is 0 Å². The van der Waals surface area contributed by atoms with Gasteiger partial charge >= 0.3 is 0 Å². The van der Waals surface area contributed by atoms with E-state index in [-0.39, 0.29) is 11.6 Å². The molecular formula is C22H23N5O2. The fraction of sp³-hybridized carbons (Fsp3) is 0.364. The van der Waals surface area contributed by atoms with E-state index in [2.05, 4.69) is 22.0 Å². The second-order valence-electron chi connectivity index (χ2n) is 7.78. The van der Waals surface area contributed by atoms with Gasteiger partial charge in [-0.05, 0) is 37.0 Å². The van der Waals surface area contributed by atoms with E-state index >= 15 is 0 Å². The first-order chi connectivity index (χ1) is 14.2. The predicted octanol–water partition coefficient (Wildman–Crippen LogP) is 3.87. The molecule has 1 aliphatic carbocycles. The summed E-state index contributed by atoms with van der Waals surface area (Å²) in [6.45, 7) is 2.24. The Morgan fingerprint density at radius 2 is 2.03 bits per heavy atom. The molecule has 7 heteroatoms. The Balaban J connectivity index is 1.84. The van der Waals surface area contributed by atoms with Crippen LogP contribution in [0.1, 0.15) is 38.6 Å². The number of benzene rings is 1. The second-order valence-corrected chi connectivity index (χ2v) is 7.78. The first-order valence-electron chi connectivity index (χ1n) is 10.1. The topological polar surface area (TPSA) is 74.3 Å². The van der Waals surface area contributed by atoms with Gasteiger partial charge in [-0.25, -0.2) is 4.98 Å². The van der Waals surface area contributed by atoms with E-state index < -0.39 is 0 Å². The van der Waals surface area contributed by atoms with Crippen molar-refractivity contribution in [2.24, 2.45) is 5.92 Å². The number of hydrogen-bond acceptors (Lipinski definition) is 5. The fourth-order valence-corrected chi connectivity index (χ4v) is 4.55. The summed E-state index contributed by atoms with van der Waals surface area (Å²) in [5.41, 5.74) is 2.15. The molecule has 1 aliphatic rings. The molecule has 29 heavy (non-hydrogen) atoms. The van der Waals surface area contributed by atoms with E-state index in [0.29, 0.717) is 28.3 Å². The van der Waals surface area contributed by atoms with Gasteiger partial charge in [0.1, 0.15) is 12.1 Å². The van der Waals surface area contributed by atoms with E-state index in [1.807, 2.05) is 41.1 Å². The van der Waals surface area contributed by atoms with Crippen molar-refractivity contribution in [3.8, 4) is 17.0 Å². The van der Waals surface area contributed by atoms with E-state index in [0.717, 1.165) is 30.6 Å². The molecule has 0 unspecified atom stereocenters. The molecule has 7 nitrogen and oxygen atoms in total. The van der Waals surface area contributed by atoms with Crippen molar-refractivity contribution < 1.29 is 4.74 Å². The van der Waals surface area contributed by atoms with Crippen LogP contribution in [-0.4, -0.2) is 31.3 Å². The van der Waals surface area contributed by atoms with Crippen molar-refractivity contribution in [2.45, 2.75) is 38.6 Å². The van der Waals surface area contributed by atoms with Crippen LogP contribution in [-0.2, 0) is 0 Å². The molecule has 0 radical (unpaired) electrons. The predicted molar refractivity (Wildman–Crippen MR) is 111 cm³/mol. The first-order valence-corrected chi connectivity index (χ1v) is 10.1. The lowest BCUT2D eigenvalue weighted by molar-refractivity contribution is 0.253. The van der Waals surface area contributed by atoms with Crippen LogP contribution >= 0.6 is 0 Å². The zero-order valence-electron chi connectivity index (χ0n) is 16.6. The highest BCUT2D eigenvalue weighted by molar-refractivity contribution is 5.93. The Hall–Kier alpha value is -3.22. The highest BCUT2D eigenvalue weighted by atomic mass is 16.5. The summed E-state index contributed by atoms with van der Waals surface area (Å²) < 4.78 is 8.95. The zero-order chi connectivity index (χ0) is 20.0. The van der Waals surface area contributed by atoms with Gasteiger partial charge in [-0.3, -0.25) is 4.79 Å². The van der Waals surface area contributed by atoms with Crippen molar-refractivity contribution in [3.63, 3.8) is 0 Å². The minimum absolute atomic E-state index is 0.0241. The molecule has 3 heterocycles. The van der Waals surface area contributed by atoms with Crippen LogP contribution in [0.4, 0.5) is 0 Å². The molecule has 0 spiro atoms. The molecule has 1 aromatic carbocycles. The number of hydrogen-bond donors (Lipinski definition) is 0. The number of pyridine rings is 1. The molecule has 148 valence electrons. The number of nitrogens with zero attached hydrogens (tertiary/aromatic N) is 5.